The first kappa shape index (κ1) is 24.7. The van der Waals surface area contributed by atoms with E-state index in [1.165, 1.54) is 6.07 Å². The van der Waals surface area contributed by atoms with Crippen molar-refractivity contribution in [3.8, 4) is 17.2 Å². The predicted octanol–water partition coefficient (Wildman–Crippen LogP) is 3.50. The molecule has 10 heteroatoms. The minimum atomic E-state index is -0.327. The van der Waals surface area contributed by atoms with Crippen LogP contribution in [0.15, 0.2) is 36.4 Å². The Bertz CT molecular complexity index is 1130. The molecule has 1 saturated heterocycles. The lowest BCUT2D eigenvalue weighted by molar-refractivity contribution is 0.190. The molecule has 1 aromatic heterocycles. The van der Waals surface area contributed by atoms with Crippen molar-refractivity contribution in [2.45, 2.75) is 32.4 Å². The summed E-state index contributed by atoms with van der Waals surface area (Å²) in [4.78, 5) is 4.39. The molecule has 1 aliphatic heterocycles. The summed E-state index contributed by atoms with van der Waals surface area (Å²) in [7, 11) is 4.78. The number of aromatic nitrogens is 4. The van der Waals surface area contributed by atoms with E-state index in [2.05, 4.69) is 46.1 Å². The fourth-order valence-corrected chi connectivity index (χ4v) is 4.55. The van der Waals surface area contributed by atoms with Crippen molar-refractivity contribution >= 4 is 5.69 Å². The molecule has 4 rings (SSSR count). The van der Waals surface area contributed by atoms with Crippen molar-refractivity contribution in [3.05, 3.63) is 53.6 Å². The van der Waals surface area contributed by atoms with Crippen molar-refractivity contribution in [3.63, 3.8) is 0 Å². The van der Waals surface area contributed by atoms with Crippen LogP contribution in [0.4, 0.5) is 10.1 Å². The minimum absolute atomic E-state index is 0.209. The molecule has 0 spiro atoms. The van der Waals surface area contributed by atoms with Crippen LogP contribution < -0.4 is 19.1 Å². The van der Waals surface area contributed by atoms with Crippen LogP contribution in [-0.2, 0) is 5.54 Å². The number of hydrogen-bond acceptors (Lipinski definition) is 8. The standard InChI is InChI=1S/C25H33FN6O3/c1-25(2,3)32-24(27-28-29-32)22(17-15-20(33-4)23(35-6)21(16-17)34-5)31-13-11-30(12-14-31)19-10-8-7-9-18(19)26/h7-10,15-16,22H,11-14H2,1-6H3/t22-/m1/s1. The average Bonchev–Trinajstić information content (AvgIpc) is 3.34. The molecule has 0 amide bonds. The fraction of sp³-hybridized carbons (Fsp3) is 0.480. The van der Waals surface area contributed by atoms with E-state index in [9.17, 15) is 4.39 Å². The zero-order valence-electron chi connectivity index (χ0n) is 21.2. The zero-order chi connectivity index (χ0) is 25.2. The van der Waals surface area contributed by atoms with Crippen LogP contribution in [0.3, 0.4) is 0 Å². The van der Waals surface area contributed by atoms with Gasteiger partial charge in [-0.1, -0.05) is 12.1 Å². The summed E-state index contributed by atoms with van der Waals surface area (Å²) < 4.78 is 33.1. The highest BCUT2D eigenvalue weighted by atomic mass is 19.1. The van der Waals surface area contributed by atoms with E-state index in [-0.39, 0.29) is 17.4 Å². The van der Waals surface area contributed by atoms with Crippen LogP contribution in [0.25, 0.3) is 0 Å². The van der Waals surface area contributed by atoms with Crippen molar-refractivity contribution < 1.29 is 18.6 Å². The van der Waals surface area contributed by atoms with Gasteiger partial charge in [-0.2, -0.15) is 0 Å². The second kappa shape index (κ2) is 10.1. The van der Waals surface area contributed by atoms with Gasteiger partial charge >= 0.3 is 0 Å². The van der Waals surface area contributed by atoms with Gasteiger partial charge in [0.2, 0.25) is 5.75 Å². The van der Waals surface area contributed by atoms with Crippen LogP contribution in [0.1, 0.15) is 38.2 Å². The lowest BCUT2D eigenvalue weighted by Crippen LogP contribution is -2.49. The molecule has 3 aromatic rings. The van der Waals surface area contributed by atoms with Gasteiger partial charge in [0.25, 0.3) is 0 Å². The summed E-state index contributed by atoms with van der Waals surface area (Å²) in [6.45, 7) is 8.90. The monoisotopic (exact) mass is 484 g/mol. The number of benzene rings is 2. The molecule has 1 atom stereocenters. The van der Waals surface area contributed by atoms with Gasteiger partial charge in [0, 0.05) is 26.2 Å². The van der Waals surface area contributed by atoms with Crippen LogP contribution in [0.5, 0.6) is 17.2 Å². The van der Waals surface area contributed by atoms with E-state index in [1.54, 1.807) is 27.4 Å². The Labute approximate surface area is 205 Å². The van der Waals surface area contributed by atoms with E-state index in [0.29, 0.717) is 54.9 Å². The molecule has 0 unspecified atom stereocenters. The second-order valence-corrected chi connectivity index (χ2v) is 9.46. The highest BCUT2D eigenvalue weighted by Crippen LogP contribution is 2.42. The molecule has 9 nitrogen and oxygen atoms in total. The number of piperazine rings is 1. The number of para-hydroxylation sites is 1. The second-order valence-electron chi connectivity index (χ2n) is 9.46. The van der Waals surface area contributed by atoms with E-state index in [1.807, 2.05) is 28.9 Å². The summed E-state index contributed by atoms with van der Waals surface area (Å²) >= 11 is 0. The number of halogens is 1. The maximum absolute atomic E-state index is 14.4. The number of anilines is 1. The molecular formula is C25H33FN6O3. The van der Waals surface area contributed by atoms with E-state index < -0.39 is 0 Å². The third-order valence-electron chi connectivity index (χ3n) is 6.25. The van der Waals surface area contributed by atoms with Gasteiger partial charge in [0.1, 0.15) is 5.82 Å². The Morgan fingerprint density at radius 2 is 1.54 bits per heavy atom. The first-order valence-corrected chi connectivity index (χ1v) is 11.6. The molecule has 1 fully saturated rings. The SMILES string of the molecule is COc1cc([C@H](c2nnnn2C(C)(C)C)N2CCN(c3ccccc3F)CC2)cc(OC)c1OC. The number of methoxy groups -OCH3 is 3. The van der Waals surface area contributed by atoms with E-state index in [0.717, 1.165) is 5.56 Å². The Balaban J connectivity index is 1.75. The Hall–Kier alpha value is -3.40. The van der Waals surface area contributed by atoms with E-state index >= 15 is 0 Å². The molecule has 2 heterocycles. The minimum Gasteiger partial charge on any atom is -0.493 e. The topological polar surface area (TPSA) is 77.8 Å². The molecule has 1 aliphatic rings. The van der Waals surface area contributed by atoms with Gasteiger partial charge in [-0.3, -0.25) is 4.90 Å². The zero-order valence-corrected chi connectivity index (χ0v) is 21.2. The van der Waals surface area contributed by atoms with Gasteiger partial charge in [-0.25, -0.2) is 9.07 Å². The first-order chi connectivity index (χ1) is 16.8. The summed E-state index contributed by atoms with van der Waals surface area (Å²) in [5.74, 6) is 2.15. The number of ether oxygens (including phenoxy) is 3. The van der Waals surface area contributed by atoms with Crippen molar-refractivity contribution in [2.24, 2.45) is 0 Å². The molecule has 188 valence electrons. The molecule has 0 bridgehead atoms. The smallest absolute Gasteiger partial charge is 0.203 e. The quantitative estimate of drug-likeness (QED) is 0.504. The largest absolute Gasteiger partial charge is 0.493 e. The van der Waals surface area contributed by atoms with Crippen LogP contribution in [-0.4, -0.2) is 72.6 Å². The van der Waals surface area contributed by atoms with Gasteiger partial charge < -0.3 is 19.1 Å². The first-order valence-electron chi connectivity index (χ1n) is 11.6. The highest BCUT2D eigenvalue weighted by Gasteiger charge is 2.34. The summed E-state index contributed by atoms with van der Waals surface area (Å²) in [5, 5.41) is 12.8. The lowest BCUT2D eigenvalue weighted by atomic mass is 10.00. The highest BCUT2D eigenvalue weighted by molar-refractivity contribution is 5.55. The number of nitrogens with zero attached hydrogens (tertiary/aromatic N) is 6. The lowest BCUT2D eigenvalue weighted by Gasteiger charge is -2.40. The number of hydrogen-bond donors (Lipinski definition) is 0. The van der Waals surface area contributed by atoms with Crippen molar-refractivity contribution in [1.29, 1.82) is 0 Å². The van der Waals surface area contributed by atoms with Crippen molar-refractivity contribution in [2.75, 3.05) is 52.4 Å². The molecule has 0 saturated carbocycles. The molecule has 0 N–H and O–H groups in total. The Morgan fingerprint density at radius 3 is 2.09 bits per heavy atom. The molecular weight excluding hydrogens is 451 g/mol. The molecule has 0 aliphatic carbocycles. The third kappa shape index (κ3) is 4.88. The van der Waals surface area contributed by atoms with Gasteiger partial charge in [-0.05, 0) is 61.0 Å². The number of rotatable bonds is 7. The molecule has 35 heavy (non-hydrogen) atoms. The van der Waals surface area contributed by atoms with Crippen LogP contribution >= 0.6 is 0 Å². The van der Waals surface area contributed by atoms with Gasteiger partial charge in [-0.15, -0.1) is 5.10 Å². The third-order valence-corrected chi connectivity index (χ3v) is 6.25. The number of tetrazole rings is 1. The summed E-state index contributed by atoms with van der Waals surface area (Å²) in [6, 6.07) is 10.5. The Kier molecular flexibility index (Phi) is 7.11. The maximum Gasteiger partial charge on any atom is 0.203 e. The summed E-state index contributed by atoms with van der Waals surface area (Å²) in [5.41, 5.74) is 1.21. The van der Waals surface area contributed by atoms with Crippen LogP contribution in [0, 0.1) is 5.82 Å². The van der Waals surface area contributed by atoms with Gasteiger partial charge in [0.15, 0.2) is 17.3 Å². The Morgan fingerprint density at radius 1 is 0.914 bits per heavy atom. The fourth-order valence-electron chi connectivity index (χ4n) is 4.55. The molecule has 0 radical (unpaired) electrons. The summed E-state index contributed by atoms with van der Waals surface area (Å²) in [6.07, 6.45) is 0. The van der Waals surface area contributed by atoms with Crippen molar-refractivity contribution in [1.82, 2.24) is 25.1 Å². The molecule has 2 aromatic carbocycles. The normalized spacial score (nSPS) is 15.7. The average molecular weight is 485 g/mol. The van der Waals surface area contributed by atoms with E-state index in [4.69, 9.17) is 14.2 Å². The maximum atomic E-state index is 14.4. The van der Waals surface area contributed by atoms with Gasteiger partial charge in [0.05, 0.1) is 38.6 Å². The predicted molar refractivity (Wildman–Crippen MR) is 131 cm³/mol. The van der Waals surface area contributed by atoms with Crippen LogP contribution in [0.2, 0.25) is 0 Å².